The molecule has 1 aromatic heterocycles. The maximum atomic E-state index is 13.1. The van der Waals surface area contributed by atoms with Crippen LogP contribution in [0.3, 0.4) is 0 Å². The van der Waals surface area contributed by atoms with Crippen LogP contribution >= 0.6 is 11.6 Å². The molecular formula is C20H21ClN2O3S. The SMILES string of the molecule is CCCCNC(=O)Cn1cc(S(=O)(=O)c2ccc(Cl)cc2)c2ccccc21. The Kier molecular flexibility index (Phi) is 5.87. The highest BCUT2D eigenvalue weighted by molar-refractivity contribution is 7.91. The van der Waals surface area contributed by atoms with Gasteiger partial charge in [0.1, 0.15) is 6.54 Å². The molecule has 0 radical (unpaired) electrons. The van der Waals surface area contributed by atoms with Gasteiger partial charge in [0, 0.05) is 28.7 Å². The Balaban J connectivity index is 1.99. The van der Waals surface area contributed by atoms with Gasteiger partial charge in [-0.2, -0.15) is 0 Å². The van der Waals surface area contributed by atoms with E-state index in [2.05, 4.69) is 12.2 Å². The van der Waals surface area contributed by atoms with Crippen molar-refractivity contribution in [3.8, 4) is 0 Å². The minimum atomic E-state index is -3.73. The predicted octanol–water partition coefficient (Wildman–Crippen LogP) is 4.04. The Bertz CT molecular complexity index is 1060. The summed E-state index contributed by atoms with van der Waals surface area (Å²) in [6.07, 6.45) is 3.44. The number of hydrogen-bond acceptors (Lipinski definition) is 3. The Labute approximate surface area is 163 Å². The summed E-state index contributed by atoms with van der Waals surface area (Å²) in [4.78, 5) is 12.6. The number of nitrogens with zero attached hydrogens (tertiary/aromatic N) is 1. The fraction of sp³-hybridized carbons (Fsp3) is 0.250. The van der Waals surface area contributed by atoms with Gasteiger partial charge in [-0.15, -0.1) is 0 Å². The van der Waals surface area contributed by atoms with E-state index in [1.54, 1.807) is 28.8 Å². The summed E-state index contributed by atoms with van der Waals surface area (Å²) >= 11 is 5.87. The van der Waals surface area contributed by atoms with E-state index in [1.807, 2.05) is 12.1 Å². The van der Waals surface area contributed by atoms with Crippen LogP contribution in [-0.4, -0.2) is 25.4 Å². The average molecular weight is 405 g/mol. The van der Waals surface area contributed by atoms with Gasteiger partial charge in [-0.25, -0.2) is 8.42 Å². The molecule has 0 saturated heterocycles. The Morgan fingerprint density at radius 1 is 1.11 bits per heavy atom. The Hall–Kier alpha value is -2.31. The van der Waals surface area contributed by atoms with Crippen molar-refractivity contribution in [1.82, 2.24) is 9.88 Å². The van der Waals surface area contributed by atoms with Crippen molar-refractivity contribution in [3.63, 3.8) is 0 Å². The van der Waals surface area contributed by atoms with Crippen LogP contribution in [-0.2, 0) is 21.2 Å². The molecular weight excluding hydrogens is 384 g/mol. The summed E-state index contributed by atoms with van der Waals surface area (Å²) in [6.45, 7) is 2.74. The van der Waals surface area contributed by atoms with E-state index in [4.69, 9.17) is 11.6 Å². The summed E-state index contributed by atoms with van der Waals surface area (Å²) in [5.74, 6) is -0.139. The maximum absolute atomic E-state index is 13.1. The highest BCUT2D eigenvalue weighted by Crippen LogP contribution is 2.30. The number of amides is 1. The third-order valence-corrected chi connectivity index (χ3v) is 6.38. The van der Waals surface area contributed by atoms with Gasteiger partial charge >= 0.3 is 0 Å². The van der Waals surface area contributed by atoms with Crippen molar-refractivity contribution < 1.29 is 13.2 Å². The van der Waals surface area contributed by atoms with Crippen LogP contribution in [0.1, 0.15) is 19.8 Å². The van der Waals surface area contributed by atoms with Gasteiger partial charge in [0.05, 0.1) is 9.79 Å². The molecule has 0 spiro atoms. The van der Waals surface area contributed by atoms with Gasteiger partial charge in [-0.05, 0) is 36.8 Å². The summed E-state index contributed by atoms with van der Waals surface area (Å²) in [5.41, 5.74) is 0.704. The van der Waals surface area contributed by atoms with Crippen LogP contribution in [0.25, 0.3) is 10.9 Å². The zero-order chi connectivity index (χ0) is 19.4. The van der Waals surface area contributed by atoms with Crippen LogP contribution in [0.2, 0.25) is 5.02 Å². The van der Waals surface area contributed by atoms with E-state index in [-0.39, 0.29) is 22.2 Å². The van der Waals surface area contributed by atoms with Gasteiger partial charge in [0.2, 0.25) is 15.7 Å². The molecule has 3 aromatic rings. The molecule has 0 atom stereocenters. The summed E-state index contributed by atoms with van der Waals surface area (Å²) < 4.78 is 27.9. The van der Waals surface area contributed by atoms with E-state index < -0.39 is 9.84 Å². The highest BCUT2D eigenvalue weighted by atomic mass is 35.5. The number of carbonyl (C=O) groups is 1. The second kappa shape index (κ2) is 8.15. The molecule has 0 aliphatic heterocycles. The quantitative estimate of drug-likeness (QED) is 0.604. The molecule has 142 valence electrons. The molecule has 0 saturated carbocycles. The summed E-state index contributed by atoms with van der Waals surface area (Å²) in [7, 11) is -3.73. The lowest BCUT2D eigenvalue weighted by Gasteiger charge is -2.06. The molecule has 27 heavy (non-hydrogen) atoms. The van der Waals surface area contributed by atoms with Crippen molar-refractivity contribution in [1.29, 1.82) is 0 Å². The highest BCUT2D eigenvalue weighted by Gasteiger charge is 2.23. The molecule has 0 bridgehead atoms. The topological polar surface area (TPSA) is 68.2 Å². The molecule has 5 nitrogen and oxygen atoms in total. The van der Waals surface area contributed by atoms with E-state index >= 15 is 0 Å². The summed E-state index contributed by atoms with van der Waals surface area (Å²) in [6, 6.07) is 13.3. The molecule has 0 unspecified atom stereocenters. The Morgan fingerprint density at radius 3 is 2.52 bits per heavy atom. The first kappa shape index (κ1) is 19.5. The van der Waals surface area contributed by atoms with Gasteiger partial charge < -0.3 is 9.88 Å². The molecule has 0 fully saturated rings. The van der Waals surface area contributed by atoms with Crippen LogP contribution in [0, 0.1) is 0 Å². The zero-order valence-electron chi connectivity index (χ0n) is 15.0. The van der Waals surface area contributed by atoms with Gasteiger partial charge in [-0.3, -0.25) is 4.79 Å². The minimum Gasteiger partial charge on any atom is -0.355 e. The number of unbranched alkanes of at least 4 members (excludes halogenated alkanes) is 1. The Morgan fingerprint density at radius 2 is 1.81 bits per heavy atom. The standard InChI is InChI=1S/C20H21ClN2O3S/c1-2-3-12-22-20(24)14-23-13-19(17-6-4-5-7-18(17)23)27(25,26)16-10-8-15(21)9-11-16/h4-11,13H,2-3,12,14H2,1H3,(H,22,24). The first-order chi connectivity index (χ1) is 12.9. The van der Waals surface area contributed by atoms with Crippen molar-refractivity contribution in [2.45, 2.75) is 36.1 Å². The largest absolute Gasteiger partial charge is 0.355 e. The second-order valence-corrected chi connectivity index (χ2v) is 8.65. The molecule has 2 aromatic carbocycles. The third kappa shape index (κ3) is 4.17. The normalized spacial score (nSPS) is 11.6. The number of para-hydroxylation sites is 1. The first-order valence-electron chi connectivity index (χ1n) is 8.78. The van der Waals surface area contributed by atoms with Crippen molar-refractivity contribution in [2.75, 3.05) is 6.54 Å². The van der Waals surface area contributed by atoms with Crippen LogP contribution in [0.15, 0.2) is 64.5 Å². The number of fused-ring (bicyclic) bond motifs is 1. The lowest BCUT2D eigenvalue weighted by molar-refractivity contribution is -0.121. The van der Waals surface area contributed by atoms with Gasteiger partial charge in [0.15, 0.2) is 0 Å². The van der Waals surface area contributed by atoms with E-state index in [0.29, 0.717) is 22.5 Å². The van der Waals surface area contributed by atoms with E-state index in [9.17, 15) is 13.2 Å². The number of carbonyl (C=O) groups excluding carboxylic acids is 1. The first-order valence-corrected chi connectivity index (χ1v) is 10.6. The van der Waals surface area contributed by atoms with Crippen LogP contribution < -0.4 is 5.32 Å². The molecule has 1 amide bonds. The lowest BCUT2D eigenvalue weighted by Crippen LogP contribution is -2.28. The fourth-order valence-electron chi connectivity index (χ4n) is 2.91. The zero-order valence-corrected chi connectivity index (χ0v) is 16.6. The number of rotatable bonds is 7. The molecule has 0 aliphatic rings. The molecule has 1 heterocycles. The number of sulfone groups is 1. The van der Waals surface area contributed by atoms with Crippen LogP contribution in [0.5, 0.6) is 0 Å². The van der Waals surface area contributed by atoms with Crippen LogP contribution in [0.4, 0.5) is 0 Å². The second-order valence-electron chi connectivity index (χ2n) is 6.30. The smallest absolute Gasteiger partial charge is 0.239 e. The maximum Gasteiger partial charge on any atom is 0.239 e. The number of benzene rings is 2. The number of hydrogen-bond donors (Lipinski definition) is 1. The monoisotopic (exact) mass is 404 g/mol. The number of aromatic nitrogens is 1. The molecule has 7 heteroatoms. The molecule has 0 aliphatic carbocycles. The van der Waals surface area contributed by atoms with Gasteiger partial charge in [-0.1, -0.05) is 43.1 Å². The van der Waals surface area contributed by atoms with E-state index in [1.165, 1.54) is 18.3 Å². The number of nitrogens with one attached hydrogen (secondary N) is 1. The minimum absolute atomic E-state index is 0.0698. The third-order valence-electron chi connectivity index (χ3n) is 4.33. The fourth-order valence-corrected chi connectivity index (χ4v) is 4.52. The lowest BCUT2D eigenvalue weighted by atomic mass is 10.2. The number of halogens is 1. The van der Waals surface area contributed by atoms with Gasteiger partial charge in [0.25, 0.3) is 0 Å². The van der Waals surface area contributed by atoms with Crippen molar-refractivity contribution in [2.24, 2.45) is 0 Å². The predicted molar refractivity (Wildman–Crippen MR) is 107 cm³/mol. The summed E-state index contributed by atoms with van der Waals surface area (Å²) in [5, 5.41) is 3.92. The molecule has 1 N–H and O–H groups in total. The molecule has 3 rings (SSSR count). The van der Waals surface area contributed by atoms with E-state index in [0.717, 1.165) is 12.8 Å². The average Bonchev–Trinajstić information content (AvgIpc) is 3.02. The van der Waals surface area contributed by atoms with Crippen molar-refractivity contribution in [3.05, 3.63) is 59.8 Å². The van der Waals surface area contributed by atoms with Crippen molar-refractivity contribution >= 4 is 38.2 Å².